The van der Waals surface area contributed by atoms with Gasteiger partial charge >= 0.3 is 0 Å². The summed E-state index contributed by atoms with van der Waals surface area (Å²) in [6.45, 7) is 0.941. The fraction of sp³-hybridized carbons (Fsp3) is 0.385. The second-order valence-corrected chi connectivity index (χ2v) is 4.70. The number of halogens is 2. The number of carbonyl (C=O) groups is 2. The van der Waals surface area contributed by atoms with Crippen LogP contribution in [0.5, 0.6) is 0 Å². The van der Waals surface area contributed by atoms with E-state index in [1.54, 1.807) is 0 Å². The molecule has 0 fully saturated rings. The zero-order valence-electron chi connectivity index (χ0n) is 9.58. The number of ketones is 1. The van der Waals surface area contributed by atoms with Crippen molar-refractivity contribution in [3.8, 4) is 0 Å². The average molecular weight is 251 g/mol. The SMILES string of the molecule is O=CC1CN2CCCc3c(F)c(F)cc(c32)C1=O. The topological polar surface area (TPSA) is 37.4 Å². The van der Waals surface area contributed by atoms with E-state index in [1.807, 2.05) is 4.90 Å². The molecule has 0 N–H and O–H groups in total. The van der Waals surface area contributed by atoms with Crippen molar-refractivity contribution in [1.82, 2.24) is 0 Å². The lowest BCUT2D eigenvalue weighted by Gasteiger charge is -2.38. The van der Waals surface area contributed by atoms with E-state index in [2.05, 4.69) is 0 Å². The Morgan fingerprint density at radius 2 is 2.17 bits per heavy atom. The summed E-state index contributed by atoms with van der Waals surface area (Å²) in [7, 11) is 0. The summed E-state index contributed by atoms with van der Waals surface area (Å²) < 4.78 is 27.2. The zero-order chi connectivity index (χ0) is 12.9. The van der Waals surface area contributed by atoms with E-state index in [9.17, 15) is 18.4 Å². The van der Waals surface area contributed by atoms with E-state index >= 15 is 0 Å². The van der Waals surface area contributed by atoms with Crippen molar-refractivity contribution in [2.24, 2.45) is 5.92 Å². The van der Waals surface area contributed by atoms with Gasteiger partial charge in [-0.15, -0.1) is 0 Å². The van der Waals surface area contributed by atoms with Gasteiger partial charge in [0, 0.05) is 24.2 Å². The van der Waals surface area contributed by atoms with Crippen molar-refractivity contribution in [2.45, 2.75) is 12.8 Å². The van der Waals surface area contributed by atoms with Gasteiger partial charge in [0.25, 0.3) is 0 Å². The first kappa shape index (κ1) is 11.3. The Bertz CT molecular complexity index is 556. The van der Waals surface area contributed by atoms with Crippen LogP contribution in [0.3, 0.4) is 0 Å². The van der Waals surface area contributed by atoms with Crippen LogP contribution >= 0.6 is 0 Å². The van der Waals surface area contributed by atoms with Crippen molar-refractivity contribution in [3.63, 3.8) is 0 Å². The summed E-state index contributed by atoms with van der Waals surface area (Å²) in [5, 5.41) is 0. The molecular formula is C13H11F2NO2. The normalized spacial score (nSPS) is 21.8. The minimum absolute atomic E-state index is 0.145. The van der Waals surface area contributed by atoms with Gasteiger partial charge in [0.2, 0.25) is 0 Å². The van der Waals surface area contributed by atoms with E-state index in [1.165, 1.54) is 0 Å². The third-order valence-corrected chi connectivity index (χ3v) is 3.64. The van der Waals surface area contributed by atoms with E-state index < -0.39 is 23.3 Å². The summed E-state index contributed by atoms with van der Waals surface area (Å²) in [6.07, 6.45) is 1.72. The minimum atomic E-state index is -1.01. The van der Waals surface area contributed by atoms with E-state index in [0.717, 1.165) is 6.07 Å². The molecule has 3 nitrogen and oxygen atoms in total. The van der Waals surface area contributed by atoms with E-state index in [-0.39, 0.29) is 17.7 Å². The van der Waals surface area contributed by atoms with Crippen molar-refractivity contribution in [2.75, 3.05) is 18.0 Å². The number of rotatable bonds is 1. The highest BCUT2D eigenvalue weighted by Crippen LogP contribution is 2.38. The molecule has 18 heavy (non-hydrogen) atoms. The van der Waals surface area contributed by atoms with Crippen molar-refractivity contribution >= 4 is 17.8 Å². The predicted molar refractivity (Wildman–Crippen MR) is 60.8 cm³/mol. The number of benzene rings is 1. The zero-order valence-corrected chi connectivity index (χ0v) is 9.58. The molecule has 0 radical (unpaired) electrons. The summed E-state index contributed by atoms with van der Waals surface area (Å²) in [6, 6.07) is 0.921. The van der Waals surface area contributed by atoms with Crippen LogP contribution in [0.2, 0.25) is 0 Å². The van der Waals surface area contributed by atoms with Crippen molar-refractivity contribution < 1.29 is 18.4 Å². The average Bonchev–Trinajstić information content (AvgIpc) is 2.38. The van der Waals surface area contributed by atoms with Crippen LogP contribution in [0.15, 0.2) is 6.07 Å². The third-order valence-electron chi connectivity index (χ3n) is 3.64. The number of Topliss-reactive ketones (excluding diaryl/α,β-unsaturated/α-hetero) is 1. The fourth-order valence-electron chi connectivity index (χ4n) is 2.81. The Morgan fingerprint density at radius 1 is 1.39 bits per heavy atom. The van der Waals surface area contributed by atoms with Gasteiger partial charge in [0.05, 0.1) is 11.6 Å². The number of carbonyl (C=O) groups excluding carboxylic acids is 2. The van der Waals surface area contributed by atoms with Gasteiger partial charge in [-0.1, -0.05) is 0 Å². The van der Waals surface area contributed by atoms with Crippen LogP contribution in [0.1, 0.15) is 22.3 Å². The summed E-state index contributed by atoms with van der Waals surface area (Å²) >= 11 is 0. The first-order valence-corrected chi connectivity index (χ1v) is 5.89. The number of hydrogen-bond donors (Lipinski definition) is 0. The molecule has 2 aliphatic rings. The molecule has 1 atom stereocenters. The number of nitrogens with zero attached hydrogens (tertiary/aromatic N) is 1. The lowest BCUT2D eigenvalue weighted by molar-refractivity contribution is -0.109. The molecular weight excluding hydrogens is 240 g/mol. The van der Waals surface area contributed by atoms with Crippen LogP contribution in [0, 0.1) is 17.6 Å². The van der Waals surface area contributed by atoms with Crippen LogP contribution in [0.25, 0.3) is 0 Å². The van der Waals surface area contributed by atoms with Crippen LogP contribution in [0.4, 0.5) is 14.5 Å². The lowest BCUT2D eigenvalue weighted by Crippen LogP contribution is -2.43. The molecule has 0 saturated heterocycles. The highest BCUT2D eigenvalue weighted by Gasteiger charge is 2.37. The maximum atomic E-state index is 13.7. The van der Waals surface area contributed by atoms with Gasteiger partial charge in [-0.05, 0) is 18.9 Å². The summed E-state index contributed by atoms with van der Waals surface area (Å²) in [5.74, 6) is -3.05. The van der Waals surface area contributed by atoms with Gasteiger partial charge in [-0.25, -0.2) is 8.78 Å². The van der Waals surface area contributed by atoms with Crippen LogP contribution in [-0.4, -0.2) is 25.2 Å². The molecule has 0 bridgehead atoms. The van der Waals surface area contributed by atoms with Crippen LogP contribution < -0.4 is 4.90 Å². The largest absolute Gasteiger partial charge is 0.369 e. The molecule has 1 aromatic rings. The molecule has 2 aliphatic heterocycles. The minimum Gasteiger partial charge on any atom is -0.369 e. The van der Waals surface area contributed by atoms with Gasteiger partial charge in [0.15, 0.2) is 17.4 Å². The molecule has 0 spiro atoms. The Hall–Kier alpha value is -1.78. The Balaban J connectivity index is 2.26. The monoisotopic (exact) mass is 251 g/mol. The van der Waals surface area contributed by atoms with Crippen molar-refractivity contribution in [3.05, 3.63) is 28.8 Å². The first-order chi connectivity index (χ1) is 8.63. The Morgan fingerprint density at radius 3 is 2.89 bits per heavy atom. The van der Waals surface area contributed by atoms with Crippen molar-refractivity contribution in [1.29, 1.82) is 0 Å². The fourth-order valence-corrected chi connectivity index (χ4v) is 2.81. The maximum Gasteiger partial charge on any atom is 0.177 e. The van der Waals surface area contributed by atoms with Gasteiger partial charge in [0.1, 0.15) is 6.29 Å². The molecule has 0 aromatic heterocycles. The molecule has 1 aromatic carbocycles. The summed E-state index contributed by atoms with van der Waals surface area (Å²) in [4.78, 5) is 24.7. The highest BCUT2D eigenvalue weighted by molar-refractivity contribution is 6.11. The summed E-state index contributed by atoms with van der Waals surface area (Å²) in [5.41, 5.74) is 0.907. The molecule has 5 heteroatoms. The van der Waals surface area contributed by atoms with E-state index in [0.29, 0.717) is 31.4 Å². The second-order valence-electron chi connectivity index (χ2n) is 4.70. The smallest absolute Gasteiger partial charge is 0.177 e. The lowest BCUT2D eigenvalue weighted by atomic mass is 9.86. The second kappa shape index (κ2) is 3.86. The van der Waals surface area contributed by atoms with E-state index in [4.69, 9.17) is 0 Å². The van der Waals surface area contributed by atoms with Gasteiger partial charge < -0.3 is 9.69 Å². The Kier molecular flexibility index (Phi) is 2.43. The predicted octanol–water partition coefficient (Wildman–Crippen LogP) is 1.73. The number of anilines is 1. The van der Waals surface area contributed by atoms with Gasteiger partial charge in [-0.3, -0.25) is 4.79 Å². The third kappa shape index (κ3) is 1.39. The number of aldehydes is 1. The van der Waals surface area contributed by atoms with Gasteiger partial charge in [-0.2, -0.15) is 0 Å². The molecule has 0 aliphatic carbocycles. The quantitative estimate of drug-likeness (QED) is 0.563. The molecule has 1 unspecified atom stereocenters. The molecule has 94 valence electrons. The number of hydrogen-bond acceptors (Lipinski definition) is 3. The van der Waals surface area contributed by atoms with Crippen LogP contribution in [-0.2, 0) is 11.2 Å². The maximum absolute atomic E-state index is 13.7. The standard InChI is InChI=1S/C13H11F2NO2/c14-10-4-9-12-8(11(10)15)2-1-3-16(12)5-7(6-17)13(9)18/h4,6-7H,1-3,5H2. The molecule has 0 saturated carbocycles. The molecule has 3 rings (SSSR count). The first-order valence-electron chi connectivity index (χ1n) is 5.89. The molecule has 0 amide bonds. The Labute approximate surface area is 102 Å². The highest BCUT2D eigenvalue weighted by atomic mass is 19.2. The molecule has 2 heterocycles.